The first-order valence-electron chi connectivity index (χ1n) is 14.4. The molecule has 17 heteroatoms. The van der Waals surface area contributed by atoms with Gasteiger partial charge in [0, 0.05) is 50.5 Å². The molecule has 0 saturated carbocycles. The van der Waals surface area contributed by atoms with Gasteiger partial charge in [-0.1, -0.05) is 0 Å². The Morgan fingerprint density at radius 3 is 2.37 bits per heavy atom. The number of pyridine rings is 2. The van der Waals surface area contributed by atoms with Gasteiger partial charge in [-0.2, -0.15) is 0 Å². The minimum atomic E-state index is -3.66. The second-order valence-corrected chi connectivity index (χ2v) is 12.9. The predicted octanol–water partition coefficient (Wildman–Crippen LogP) is 3.66. The molecule has 3 aromatic heterocycles. The van der Waals surface area contributed by atoms with E-state index in [4.69, 9.17) is 4.74 Å². The van der Waals surface area contributed by atoms with E-state index in [1.807, 2.05) is 0 Å². The van der Waals surface area contributed by atoms with Crippen LogP contribution in [0.5, 0.6) is 11.5 Å². The summed E-state index contributed by atoms with van der Waals surface area (Å²) in [5.74, 6) is -1.92. The number of aromatic nitrogens is 4. The molecule has 5 rings (SSSR count). The lowest BCUT2D eigenvalue weighted by molar-refractivity contribution is 0.102. The molecule has 5 aromatic rings. The van der Waals surface area contributed by atoms with Gasteiger partial charge in [0.05, 0.1) is 18.3 Å². The molecule has 0 bridgehead atoms. The van der Waals surface area contributed by atoms with Crippen molar-refractivity contribution < 1.29 is 31.8 Å². The minimum Gasteiger partial charge on any atom is -0.454 e. The van der Waals surface area contributed by atoms with Gasteiger partial charge in [0.25, 0.3) is 11.5 Å². The number of anilines is 3. The Kier molecular flexibility index (Phi) is 9.97. The molecule has 0 aliphatic rings. The molecule has 0 saturated heterocycles. The molecule has 3 N–H and O–H groups in total. The van der Waals surface area contributed by atoms with Crippen molar-refractivity contribution in [1.82, 2.24) is 23.4 Å². The molecule has 1 amide bonds. The van der Waals surface area contributed by atoms with Gasteiger partial charge < -0.3 is 20.5 Å². The maximum atomic E-state index is 15.2. The highest BCUT2D eigenvalue weighted by atomic mass is 32.2. The van der Waals surface area contributed by atoms with E-state index in [0.717, 1.165) is 33.3 Å². The molecule has 1 atom stereocenters. The van der Waals surface area contributed by atoms with Crippen molar-refractivity contribution in [2.45, 2.75) is 17.9 Å². The van der Waals surface area contributed by atoms with Crippen LogP contribution in [0.2, 0.25) is 0 Å². The first kappa shape index (κ1) is 34.6. The number of hydrogen-bond acceptors (Lipinski definition) is 10. The van der Waals surface area contributed by atoms with Gasteiger partial charge in [-0.25, -0.2) is 40.8 Å². The van der Waals surface area contributed by atoms with Crippen molar-refractivity contribution in [3.8, 4) is 17.2 Å². The maximum Gasteiger partial charge on any atom is 0.335 e. The fraction of sp³-hybridized carbons (Fsp3) is 0.156. The average Bonchev–Trinajstić information content (AvgIpc) is 3.07. The van der Waals surface area contributed by atoms with E-state index in [2.05, 4.69) is 20.6 Å². The molecule has 0 aliphatic carbocycles. The lowest BCUT2D eigenvalue weighted by Gasteiger charge is -2.17. The Labute approximate surface area is 277 Å². The number of aliphatic hydroxyl groups excluding tert-OH is 1. The van der Waals surface area contributed by atoms with Crippen LogP contribution in [0.3, 0.4) is 0 Å². The SMILES string of the molecule is C[C@@H](CO)n1cc(C(=O)Nc2ccc(Oc3ccnc(Nc4ccc(S(=O)(=O)N(C)C)cn4)c3)c(F)c2)c(=O)n(-c2ccc(F)cc2)c1=O. The normalized spacial score (nSPS) is 12.1. The quantitative estimate of drug-likeness (QED) is 0.185. The highest BCUT2D eigenvalue weighted by molar-refractivity contribution is 7.89. The summed E-state index contributed by atoms with van der Waals surface area (Å²) in [6, 6.07) is 12.9. The molecule has 0 fully saturated rings. The lowest BCUT2D eigenvalue weighted by Crippen LogP contribution is -2.43. The number of nitrogens with zero attached hydrogens (tertiary/aromatic N) is 5. The zero-order chi connectivity index (χ0) is 35.5. The van der Waals surface area contributed by atoms with Gasteiger partial charge in [0.2, 0.25) is 10.0 Å². The summed E-state index contributed by atoms with van der Waals surface area (Å²) in [6.07, 6.45) is 3.59. The largest absolute Gasteiger partial charge is 0.454 e. The number of amides is 1. The first-order chi connectivity index (χ1) is 23.3. The van der Waals surface area contributed by atoms with Crippen molar-refractivity contribution in [3.63, 3.8) is 0 Å². The third-order valence-electron chi connectivity index (χ3n) is 7.10. The van der Waals surface area contributed by atoms with Crippen molar-refractivity contribution in [2.24, 2.45) is 0 Å². The van der Waals surface area contributed by atoms with Gasteiger partial charge in [-0.3, -0.25) is 14.2 Å². The van der Waals surface area contributed by atoms with Crippen LogP contribution in [-0.2, 0) is 10.0 Å². The molecule has 49 heavy (non-hydrogen) atoms. The van der Waals surface area contributed by atoms with Crippen molar-refractivity contribution in [2.75, 3.05) is 31.3 Å². The Morgan fingerprint density at radius 2 is 1.73 bits per heavy atom. The molecular weight excluding hydrogens is 664 g/mol. The van der Waals surface area contributed by atoms with Crippen LogP contribution in [0.1, 0.15) is 23.3 Å². The Balaban J connectivity index is 1.34. The van der Waals surface area contributed by atoms with E-state index in [9.17, 15) is 32.3 Å². The number of sulfonamides is 1. The monoisotopic (exact) mass is 693 g/mol. The summed E-state index contributed by atoms with van der Waals surface area (Å²) in [5, 5.41) is 15.0. The average molecular weight is 694 g/mol. The fourth-order valence-corrected chi connectivity index (χ4v) is 5.28. The number of halogens is 2. The minimum absolute atomic E-state index is 0.00316. The molecule has 2 aromatic carbocycles. The predicted molar refractivity (Wildman–Crippen MR) is 175 cm³/mol. The standard InChI is InChI=1S/C32H29F2N7O7S/c1-19(18-42)40-17-25(31(44)41(32(40)45)22-7-4-20(33)5-8-22)30(43)37-21-6-10-27(26(34)14-21)48-23-12-13-35-29(15-23)38-28-11-9-24(16-36-28)49(46,47)39(2)3/h4-17,19,42H,18H2,1-3H3,(H,37,43)(H,35,36,38)/t19-/m0/s1. The van der Waals surface area contributed by atoms with Crippen LogP contribution in [0.15, 0.2) is 99.8 Å². The Hall–Kier alpha value is -5.78. The second-order valence-electron chi connectivity index (χ2n) is 10.8. The van der Waals surface area contributed by atoms with Crippen LogP contribution >= 0.6 is 0 Å². The van der Waals surface area contributed by atoms with E-state index < -0.39 is 57.0 Å². The van der Waals surface area contributed by atoms with Gasteiger partial charge in [0.1, 0.15) is 33.7 Å². The zero-order valence-corrected chi connectivity index (χ0v) is 27.0. The number of nitrogens with one attached hydrogen (secondary N) is 2. The van der Waals surface area contributed by atoms with Gasteiger partial charge in [-0.05, 0) is 61.5 Å². The van der Waals surface area contributed by atoms with E-state index in [0.29, 0.717) is 10.4 Å². The lowest BCUT2D eigenvalue weighted by atomic mass is 10.2. The van der Waals surface area contributed by atoms with Crippen LogP contribution in [0.4, 0.5) is 26.1 Å². The highest BCUT2D eigenvalue weighted by Crippen LogP contribution is 2.28. The molecule has 3 heterocycles. The summed E-state index contributed by atoms with van der Waals surface area (Å²) >= 11 is 0. The number of hydrogen-bond donors (Lipinski definition) is 3. The Morgan fingerprint density at radius 1 is 1.00 bits per heavy atom. The highest BCUT2D eigenvalue weighted by Gasteiger charge is 2.22. The third-order valence-corrected chi connectivity index (χ3v) is 8.90. The van der Waals surface area contributed by atoms with Crippen LogP contribution < -0.4 is 26.6 Å². The smallest absolute Gasteiger partial charge is 0.335 e. The molecule has 254 valence electrons. The number of aliphatic hydroxyl groups is 1. The number of ether oxygens (including phenoxy) is 1. The molecule has 14 nitrogen and oxygen atoms in total. The third kappa shape index (κ3) is 7.53. The van der Waals surface area contributed by atoms with Gasteiger partial charge in [0.15, 0.2) is 11.6 Å². The number of rotatable bonds is 11. The summed E-state index contributed by atoms with van der Waals surface area (Å²) in [5.41, 5.74) is -2.41. The number of benzene rings is 2. The number of carbonyl (C=O) groups is 1. The van der Waals surface area contributed by atoms with Gasteiger partial charge in [-0.15, -0.1) is 0 Å². The van der Waals surface area contributed by atoms with E-state index >= 15 is 4.39 Å². The maximum absolute atomic E-state index is 15.2. The number of carbonyl (C=O) groups excluding carboxylic acids is 1. The topological polar surface area (TPSA) is 178 Å². The summed E-state index contributed by atoms with van der Waals surface area (Å²) in [6.45, 7) is 1.01. The van der Waals surface area contributed by atoms with Crippen LogP contribution in [0.25, 0.3) is 5.69 Å². The first-order valence-corrected chi connectivity index (χ1v) is 15.9. The Bertz CT molecular complexity index is 2240. The van der Waals surface area contributed by atoms with Crippen molar-refractivity contribution >= 4 is 33.3 Å². The summed E-state index contributed by atoms with van der Waals surface area (Å²) < 4.78 is 61.6. The molecule has 0 unspecified atom stereocenters. The van der Waals surface area contributed by atoms with Crippen molar-refractivity contribution in [3.05, 3.63) is 123 Å². The summed E-state index contributed by atoms with van der Waals surface area (Å²) in [7, 11) is -0.842. The zero-order valence-electron chi connectivity index (χ0n) is 26.2. The second kappa shape index (κ2) is 14.1. The van der Waals surface area contributed by atoms with Crippen molar-refractivity contribution in [1.29, 1.82) is 0 Å². The van der Waals surface area contributed by atoms with E-state index in [1.165, 1.54) is 81.9 Å². The molecule has 0 aliphatic heterocycles. The van der Waals surface area contributed by atoms with Crippen LogP contribution in [0, 0.1) is 11.6 Å². The molecular formula is C32H29F2N7O7S. The fourth-order valence-electron chi connectivity index (χ4n) is 4.43. The van der Waals surface area contributed by atoms with Crippen LogP contribution in [-0.4, -0.2) is 63.5 Å². The van der Waals surface area contributed by atoms with Gasteiger partial charge >= 0.3 is 5.69 Å². The van der Waals surface area contributed by atoms with E-state index in [-0.39, 0.29) is 33.6 Å². The summed E-state index contributed by atoms with van der Waals surface area (Å²) in [4.78, 5) is 47.9. The molecule has 0 spiro atoms. The van der Waals surface area contributed by atoms with E-state index in [1.54, 1.807) is 0 Å². The molecule has 0 radical (unpaired) electrons.